The molecule has 0 saturated carbocycles. The SMILES string of the molecule is COc1cccc(OCC(C)(F)CN)c1. The Morgan fingerprint density at radius 3 is 2.67 bits per heavy atom. The number of hydrogen-bond donors (Lipinski definition) is 1. The first-order valence-electron chi connectivity index (χ1n) is 4.73. The lowest BCUT2D eigenvalue weighted by Crippen LogP contribution is -2.35. The predicted octanol–water partition coefficient (Wildman–Crippen LogP) is 1.76. The lowest BCUT2D eigenvalue weighted by atomic mass is 10.1. The van der Waals surface area contributed by atoms with Crippen molar-refractivity contribution in [3.05, 3.63) is 24.3 Å². The van der Waals surface area contributed by atoms with Crippen LogP contribution in [0.15, 0.2) is 24.3 Å². The molecule has 0 aliphatic heterocycles. The van der Waals surface area contributed by atoms with Crippen molar-refractivity contribution in [3.8, 4) is 11.5 Å². The third-order valence-corrected chi connectivity index (χ3v) is 2.01. The Morgan fingerprint density at radius 1 is 1.40 bits per heavy atom. The molecule has 4 heteroatoms. The van der Waals surface area contributed by atoms with Gasteiger partial charge in [0.15, 0.2) is 5.67 Å². The Balaban J connectivity index is 2.57. The van der Waals surface area contributed by atoms with Crippen molar-refractivity contribution >= 4 is 0 Å². The Kier molecular flexibility index (Phi) is 3.91. The standard InChI is InChI=1S/C11H16FNO2/c1-11(12,7-13)8-15-10-5-3-4-9(6-10)14-2/h3-6H,7-8,13H2,1-2H3. The van der Waals surface area contributed by atoms with Crippen molar-refractivity contribution < 1.29 is 13.9 Å². The third kappa shape index (κ3) is 3.75. The number of methoxy groups -OCH3 is 1. The predicted molar refractivity (Wildman–Crippen MR) is 57.1 cm³/mol. The minimum atomic E-state index is -1.50. The van der Waals surface area contributed by atoms with Gasteiger partial charge in [0.2, 0.25) is 0 Å². The minimum Gasteiger partial charge on any atom is -0.497 e. The van der Waals surface area contributed by atoms with E-state index < -0.39 is 5.67 Å². The monoisotopic (exact) mass is 213 g/mol. The van der Waals surface area contributed by atoms with E-state index in [-0.39, 0.29) is 13.2 Å². The molecule has 0 aliphatic rings. The van der Waals surface area contributed by atoms with Gasteiger partial charge in [-0.1, -0.05) is 6.07 Å². The fourth-order valence-electron chi connectivity index (χ4n) is 0.984. The molecule has 3 nitrogen and oxygen atoms in total. The average Bonchev–Trinajstić information content (AvgIpc) is 2.27. The van der Waals surface area contributed by atoms with Crippen LogP contribution in [0.5, 0.6) is 11.5 Å². The molecule has 0 saturated heterocycles. The average molecular weight is 213 g/mol. The highest BCUT2D eigenvalue weighted by Gasteiger charge is 2.21. The zero-order valence-corrected chi connectivity index (χ0v) is 9.00. The van der Waals surface area contributed by atoms with Gasteiger partial charge in [0.05, 0.1) is 7.11 Å². The van der Waals surface area contributed by atoms with Gasteiger partial charge in [-0.2, -0.15) is 0 Å². The third-order valence-electron chi connectivity index (χ3n) is 2.01. The lowest BCUT2D eigenvalue weighted by Gasteiger charge is -2.18. The molecule has 0 heterocycles. The molecule has 1 rings (SSSR count). The molecule has 0 fully saturated rings. The van der Waals surface area contributed by atoms with Crippen molar-refractivity contribution in [1.82, 2.24) is 0 Å². The molecular weight excluding hydrogens is 197 g/mol. The second-order valence-electron chi connectivity index (χ2n) is 3.59. The van der Waals surface area contributed by atoms with Crippen molar-refractivity contribution in [2.75, 3.05) is 20.3 Å². The van der Waals surface area contributed by atoms with Gasteiger partial charge >= 0.3 is 0 Å². The molecule has 0 bridgehead atoms. The maximum Gasteiger partial charge on any atom is 0.154 e. The van der Waals surface area contributed by atoms with Crippen molar-refractivity contribution in [2.45, 2.75) is 12.6 Å². The molecule has 84 valence electrons. The summed E-state index contributed by atoms with van der Waals surface area (Å²) < 4.78 is 23.7. The minimum absolute atomic E-state index is 0.0586. The summed E-state index contributed by atoms with van der Waals surface area (Å²) >= 11 is 0. The summed E-state index contributed by atoms with van der Waals surface area (Å²) in [5.74, 6) is 1.26. The number of nitrogens with two attached hydrogens (primary N) is 1. The summed E-state index contributed by atoms with van der Waals surface area (Å²) in [4.78, 5) is 0. The van der Waals surface area contributed by atoms with Crippen molar-refractivity contribution in [1.29, 1.82) is 0 Å². The number of alkyl halides is 1. The number of benzene rings is 1. The van der Waals surface area contributed by atoms with E-state index >= 15 is 0 Å². The molecule has 0 aromatic heterocycles. The van der Waals surface area contributed by atoms with E-state index in [9.17, 15) is 4.39 Å². The zero-order chi connectivity index (χ0) is 11.3. The van der Waals surface area contributed by atoms with E-state index in [1.54, 1.807) is 31.4 Å². The second kappa shape index (κ2) is 4.98. The first kappa shape index (κ1) is 11.8. The normalized spacial score (nSPS) is 14.4. The molecule has 0 radical (unpaired) electrons. The molecule has 1 aromatic rings. The quantitative estimate of drug-likeness (QED) is 0.810. The second-order valence-corrected chi connectivity index (χ2v) is 3.59. The maximum absolute atomic E-state index is 13.4. The van der Waals surface area contributed by atoms with Gasteiger partial charge in [0.25, 0.3) is 0 Å². The summed E-state index contributed by atoms with van der Waals surface area (Å²) in [7, 11) is 1.57. The van der Waals surface area contributed by atoms with Crippen LogP contribution in [0.2, 0.25) is 0 Å². The van der Waals surface area contributed by atoms with E-state index in [2.05, 4.69) is 0 Å². The van der Waals surface area contributed by atoms with Crippen LogP contribution in [-0.2, 0) is 0 Å². The number of rotatable bonds is 5. The molecule has 0 aliphatic carbocycles. The fourth-order valence-corrected chi connectivity index (χ4v) is 0.984. The summed E-state index contributed by atoms with van der Waals surface area (Å²) in [5.41, 5.74) is 3.75. The number of hydrogen-bond acceptors (Lipinski definition) is 3. The van der Waals surface area contributed by atoms with Gasteiger partial charge in [0.1, 0.15) is 18.1 Å². The molecule has 1 atom stereocenters. The molecular formula is C11H16FNO2. The fraction of sp³-hybridized carbons (Fsp3) is 0.455. The summed E-state index contributed by atoms with van der Waals surface area (Å²) in [6.45, 7) is 1.29. The highest BCUT2D eigenvalue weighted by atomic mass is 19.1. The van der Waals surface area contributed by atoms with Crippen LogP contribution in [0, 0.1) is 0 Å². The van der Waals surface area contributed by atoms with Crippen LogP contribution in [-0.4, -0.2) is 25.9 Å². The van der Waals surface area contributed by atoms with E-state index in [1.165, 1.54) is 6.92 Å². The molecule has 0 spiro atoms. The lowest BCUT2D eigenvalue weighted by molar-refractivity contribution is 0.110. The van der Waals surface area contributed by atoms with Crippen LogP contribution >= 0.6 is 0 Å². The Hall–Kier alpha value is -1.29. The Bertz CT molecular complexity index is 315. The Labute approximate surface area is 89.0 Å². The van der Waals surface area contributed by atoms with E-state index in [0.29, 0.717) is 11.5 Å². The highest BCUT2D eigenvalue weighted by molar-refractivity contribution is 5.32. The van der Waals surface area contributed by atoms with Crippen LogP contribution in [0.4, 0.5) is 4.39 Å². The van der Waals surface area contributed by atoms with Gasteiger partial charge in [-0.3, -0.25) is 0 Å². The van der Waals surface area contributed by atoms with Crippen LogP contribution in [0.25, 0.3) is 0 Å². The highest BCUT2D eigenvalue weighted by Crippen LogP contribution is 2.20. The van der Waals surface area contributed by atoms with Crippen molar-refractivity contribution in [3.63, 3.8) is 0 Å². The van der Waals surface area contributed by atoms with Crippen LogP contribution < -0.4 is 15.2 Å². The van der Waals surface area contributed by atoms with E-state index in [1.807, 2.05) is 0 Å². The van der Waals surface area contributed by atoms with Crippen molar-refractivity contribution in [2.24, 2.45) is 5.73 Å². The zero-order valence-electron chi connectivity index (χ0n) is 9.00. The van der Waals surface area contributed by atoms with Gasteiger partial charge in [-0.15, -0.1) is 0 Å². The Morgan fingerprint density at radius 2 is 2.07 bits per heavy atom. The number of ether oxygens (including phenoxy) is 2. The van der Waals surface area contributed by atoms with Gasteiger partial charge in [-0.05, 0) is 19.1 Å². The first-order chi connectivity index (χ1) is 7.07. The largest absolute Gasteiger partial charge is 0.497 e. The van der Waals surface area contributed by atoms with Crippen LogP contribution in [0.1, 0.15) is 6.92 Å². The van der Waals surface area contributed by atoms with E-state index in [0.717, 1.165) is 0 Å². The van der Waals surface area contributed by atoms with Gasteiger partial charge in [-0.25, -0.2) is 4.39 Å². The van der Waals surface area contributed by atoms with Crippen LogP contribution in [0.3, 0.4) is 0 Å². The molecule has 15 heavy (non-hydrogen) atoms. The smallest absolute Gasteiger partial charge is 0.154 e. The van der Waals surface area contributed by atoms with E-state index in [4.69, 9.17) is 15.2 Å². The summed E-state index contributed by atoms with van der Waals surface area (Å²) in [5, 5.41) is 0. The molecule has 1 aromatic carbocycles. The summed E-state index contributed by atoms with van der Waals surface area (Å²) in [6, 6.07) is 7.03. The van der Waals surface area contributed by atoms with Gasteiger partial charge in [0, 0.05) is 12.6 Å². The number of halogens is 1. The first-order valence-corrected chi connectivity index (χ1v) is 4.73. The molecule has 2 N–H and O–H groups in total. The maximum atomic E-state index is 13.4. The summed E-state index contributed by atoms with van der Waals surface area (Å²) in [6.07, 6.45) is 0. The molecule has 1 unspecified atom stereocenters. The molecule has 0 amide bonds. The van der Waals surface area contributed by atoms with Gasteiger partial charge < -0.3 is 15.2 Å². The topological polar surface area (TPSA) is 44.5 Å².